The molecule has 2 nitrogen and oxygen atoms in total. The van der Waals surface area contributed by atoms with Gasteiger partial charge in [-0.2, -0.15) is 0 Å². The number of benzene rings is 2. The topological polar surface area (TPSA) is 15.3 Å². The van der Waals surface area contributed by atoms with Crippen LogP contribution in [0.15, 0.2) is 48.5 Å². The van der Waals surface area contributed by atoms with Gasteiger partial charge in [-0.1, -0.05) is 35.9 Å². The molecule has 0 spiro atoms. The number of nitrogens with one attached hydrogen (secondary N) is 1. The molecule has 0 heterocycles. The number of rotatable bonds is 6. The first kappa shape index (κ1) is 15.5. The van der Waals surface area contributed by atoms with E-state index in [4.69, 9.17) is 0 Å². The Morgan fingerprint density at radius 2 is 1.86 bits per heavy atom. The Morgan fingerprint density at radius 3 is 2.48 bits per heavy atom. The third-order valence-corrected chi connectivity index (χ3v) is 3.83. The van der Waals surface area contributed by atoms with Gasteiger partial charge in [0, 0.05) is 25.3 Å². The minimum atomic E-state index is -0.192. The molecule has 0 aromatic heterocycles. The summed E-state index contributed by atoms with van der Waals surface area (Å²) in [5.41, 5.74) is 3.47. The van der Waals surface area contributed by atoms with Crippen LogP contribution in [0, 0.1) is 12.7 Å². The first-order chi connectivity index (χ1) is 10.1. The first-order valence-electron chi connectivity index (χ1n) is 7.30. The second kappa shape index (κ2) is 7.23. The lowest BCUT2D eigenvalue weighted by atomic mass is 10.0. The van der Waals surface area contributed by atoms with Crippen molar-refractivity contribution in [2.45, 2.75) is 19.4 Å². The highest BCUT2D eigenvalue weighted by atomic mass is 19.1. The molecule has 3 heteroatoms. The van der Waals surface area contributed by atoms with E-state index in [0.717, 1.165) is 18.7 Å². The molecule has 0 aliphatic rings. The maximum Gasteiger partial charge on any atom is 0.125 e. The van der Waals surface area contributed by atoms with Gasteiger partial charge < -0.3 is 10.2 Å². The van der Waals surface area contributed by atoms with Gasteiger partial charge in [0.05, 0.1) is 0 Å². The van der Waals surface area contributed by atoms with Crippen LogP contribution in [0.3, 0.4) is 0 Å². The molecule has 0 aliphatic carbocycles. The summed E-state index contributed by atoms with van der Waals surface area (Å²) >= 11 is 0. The molecule has 2 rings (SSSR count). The van der Waals surface area contributed by atoms with Gasteiger partial charge >= 0.3 is 0 Å². The lowest BCUT2D eigenvalue weighted by Gasteiger charge is -2.23. The summed E-state index contributed by atoms with van der Waals surface area (Å²) in [6.45, 7) is 2.96. The van der Waals surface area contributed by atoms with Crippen molar-refractivity contribution < 1.29 is 4.39 Å². The van der Waals surface area contributed by atoms with E-state index in [0.29, 0.717) is 6.04 Å². The predicted octanol–water partition coefficient (Wildman–Crippen LogP) is 3.92. The second-order valence-corrected chi connectivity index (χ2v) is 5.44. The Labute approximate surface area is 126 Å². The van der Waals surface area contributed by atoms with Crippen molar-refractivity contribution in [3.05, 3.63) is 65.5 Å². The number of aryl methyl sites for hydroxylation is 1. The van der Waals surface area contributed by atoms with E-state index in [2.05, 4.69) is 41.4 Å². The van der Waals surface area contributed by atoms with E-state index in [1.807, 2.05) is 20.2 Å². The summed E-state index contributed by atoms with van der Waals surface area (Å²) in [5.74, 6) is -0.192. The van der Waals surface area contributed by atoms with Gasteiger partial charge in [0.1, 0.15) is 5.82 Å². The molecule has 112 valence electrons. The number of anilines is 1. The van der Waals surface area contributed by atoms with Gasteiger partial charge in [-0.05, 0) is 44.2 Å². The molecule has 0 saturated carbocycles. The Kier molecular flexibility index (Phi) is 5.34. The third-order valence-electron chi connectivity index (χ3n) is 3.83. The van der Waals surface area contributed by atoms with Crippen molar-refractivity contribution in [1.29, 1.82) is 0 Å². The maximum atomic E-state index is 13.3. The van der Waals surface area contributed by atoms with Gasteiger partial charge in [0.25, 0.3) is 0 Å². The minimum absolute atomic E-state index is 0.192. The predicted molar refractivity (Wildman–Crippen MR) is 87.3 cm³/mol. The van der Waals surface area contributed by atoms with Crippen LogP contribution in [0.1, 0.15) is 23.6 Å². The lowest BCUT2D eigenvalue weighted by Crippen LogP contribution is -2.25. The molecule has 2 aromatic rings. The third kappa shape index (κ3) is 4.30. The second-order valence-electron chi connectivity index (χ2n) is 5.44. The molecule has 2 aromatic carbocycles. The van der Waals surface area contributed by atoms with Crippen molar-refractivity contribution in [3.8, 4) is 0 Å². The highest BCUT2D eigenvalue weighted by molar-refractivity contribution is 5.45. The van der Waals surface area contributed by atoms with E-state index in [9.17, 15) is 4.39 Å². The van der Waals surface area contributed by atoms with Gasteiger partial charge in [-0.3, -0.25) is 0 Å². The van der Waals surface area contributed by atoms with Crippen LogP contribution < -0.4 is 10.2 Å². The van der Waals surface area contributed by atoms with Gasteiger partial charge in [0.2, 0.25) is 0 Å². The zero-order valence-corrected chi connectivity index (χ0v) is 12.9. The fourth-order valence-corrected chi connectivity index (χ4v) is 2.44. The van der Waals surface area contributed by atoms with Gasteiger partial charge in [-0.25, -0.2) is 4.39 Å². The molecule has 0 radical (unpaired) electrons. The van der Waals surface area contributed by atoms with Crippen LogP contribution in [0.4, 0.5) is 10.1 Å². The molecular weight excluding hydrogens is 263 g/mol. The summed E-state index contributed by atoms with van der Waals surface area (Å²) in [7, 11) is 3.98. The smallest absolute Gasteiger partial charge is 0.125 e. The molecule has 0 saturated heterocycles. The Morgan fingerprint density at radius 1 is 1.14 bits per heavy atom. The van der Waals surface area contributed by atoms with Crippen molar-refractivity contribution in [3.63, 3.8) is 0 Å². The number of nitrogens with zero attached hydrogens (tertiary/aromatic N) is 1. The molecule has 1 unspecified atom stereocenters. The summed E-state index contributed by atoms with van der Waals surface area (Å²) in [4.78, 5) is 2.08. The van der Waals surface area contributed by atoms with Crippen molar-refractivity contribution >= 4 is 5.69 Å². The standard InChI is InChI=1S/C18H23FN2/c1-14-7-9-15(10-8-14)18(20-2)11-12-21(3)17-6-4-5-16(19)13-17/h4-10,13,18,20H,11-12H2,1-3H3. The lowest BCUT2D eigenvalue weighted by molar-refractivity contribution is 0.549. The minimum Gasteiger partial charge on any atom is -0.374 e. The van der Waals surface area contributed by atoms with Crippen LogP contribution >= 0.6 is 0 Å². The molecular formula is C18H23FN2. The molecule has 1 atom stereocenters. The Balaban J connectivity index is 1.98. The van der Waals surface area contributed by atoms with Gasteiger partial charge in [-0.15, -0.1) is 0 Å². The average Bonchev–Trinajstić information content (AvgIpc) is 2.49. The van der Waals surface area contributed by atoms with Crippen LogP contribution in [-0.4, -0.2) is 20.6 Å². The van der Waals surface area contributed by atoms with E-state index in [1.165, 1.54) is 17.2 Å². The summed E-state index contributed by atoms with van der Waals surface area (Å²) < 4.78 is 13.3. The van der Waals surface area contributed by atoms with E-state index in [1.54, 1.807) is 12.1 Å². The summed E-state index contributed by atoms with van der Waals surface area (Å²) in [6, 6.07) is 15.6. The zero-order chi connectivity index (χ0) is 15.2. The number of hydrogen-bond donors (Lipinski definition) is 1. The van der Waals surface area contributed by atoms with Crippen molar-refractivity contribution in [2.75, 3.05) is 25.5 Å². The molecule has 0 amide bonds. The SMILES string of the molecule is CNC(CCN(C)c1cccc(F)c1)c1ccc(C)cc1. The fraction of sp³-hybridized carbons (Fsp3) is 0.333. The monoisotopic (exact) mass is 286 g/mol. The molecule has 0 bridgehead atoms. The van der Waals surface area contributed by atoms with Crippen molar-refractivity contribution in [1.82, 2.24) is 5.32 Å². The normalized spacial score (nSPS) is 12.2. The molecule has 0 aliphatic heterocycles. The molecule has 0 fully saturated rings. The zero-order valence-electron chi connectivity index (χ0n) is 12.9. The Bertz CT molecular complexity index is 566. The first-order valence-corrected chi connectivity index (χ1v) is 7.30. The van der Waals surface area contributed by atoms with Crippen LogP contribution in [0.25, 0.3) is 0 Å². The number of hydrogen-bond acceptors (Lipinski definition) is 2. The van der Waals surface area contributed by atoms with E-state index >= 15 is 0 Å². The maximum absolute atomic E-state index is 13.3. The highest BCUT2D eigenvalue weighted by Gasteiger charge is 2.10. The van der Waals surface area contributed by atoms with E-state index < -0.39 is 0 Å². The largest absolute Gasteiger partial charge is 0.374 e. The van der Waals surface area contributed by atoms with Crippen LogP contribution in [0.2, 0.25) is 0 Å². The Hall–Kier alpha value is -1.87. The quantitative estimate of drug-likeness (QED) is 0.866. The molecule has 1 N–H and O–H groups in total. The summed E-state index contributed by atoms with van der Waals surface area (Å²) in [5, 5.41) is 3.36. The average molecular weight is 286 g/mol. The summed E-state index contributed by atoms with van der Waals surface area (Å²) in [6.07, 6.45) is 0.965. The van der Waals surface area contributed by atoms with Gasteiger partial charge in [0.15, 0.2) is 0 Å². The van der Waals surface area contributed by atoms with E-state index in [-0.39, 0.29) is 5.82 Å². The van der Waals surface area contributed by atoms with Crippen LogP contribution in [0.5, 0.6) is 0 Å². The highest BCUT2D eigenvalue weighted by Crippen LogP contribution is 2.20. The van der Waals surface area contributed by atoms with Crippen molar-refractivity contribution in [2.24, 2.45) is 0 Å². The number of halogens is 1. The fourth-order valence-electron chi connectivity index (χ4n) is 2.44. The van der Waals surface area contributed by atoms with Crippen LogP contribution in [-0.2, 0) is 0 Å². The molecule has 21 heavy (non-hydrogen) atoms.